The summed E-state index contributed by atoms with van der Waals surface area (Å²) in [4.78, 5) is 19.1. The van der Waals surface area contributed by atoms with E-state index in [0.29, 0.717) is 19.5 Å². The van der Waals surface area contributed by atoms with Gasteiger partial charge < -0.3 is 4.74 Å². The lowest BCUT2D eigenvalue weighted by molar-refractivity contribution is -0.148. The van der Waals surface area contributed by atoms with E-state index in [1.165, 1.54) is 41.7 Å². The minimum absolute atomic E-state index is 0.224. The second-order valence-electron chi connectivity index (χ2n) is 6.57. The van der Waals surface area contributed by atoms with Crippen molar-refractivity contribution in [3.63, 3.8) is 0 Å². The molecule has 0 aliphatic carbocycles. The van der Waals surface area contributed by atoms with Gasteiger partial charge in [0.25, 0.3) is 0 Å². The van der Waals surface area contributed by atoms with E-state index in [9.17, 15) is 9.18 Å². The standard InChI is InChI=1S/C21H19FN2O2S/c1-26-21(25)19-10-15-4-2-3-5-16(15)11-24(19)12-18-13-27-20(23-18)14-6-8-17(22)9-7-14/h2-9,13,19H,10-12H2,1H3. The van der Waals surface area contributed by atoms with Crippen molar-refractivity contribution in [3.05, 3.63) is 76.5 Å². The number of nitrogens with zero attached hydrogens (tertiary/aromatic N) is 2. The summed E-state index contributed by atoms with van der Waals surface area (Å²) in [5.74, 6) is -0.484. The van der Waals surface area contributed by atoms with Crippen LogP contribution >= 0.6 is 11.3 Å². The molecule has 6 heteroatoms. The molecule has 27 heavy (non-hydrogen) atoms. The third-order valence-corrected chi connectivity index (χ3v) is 5.77. The van der Waals surface area contributed by atoms with E-state index in [2.05, 4.69) is 22.0 Å². The third kappa shape index (κ3) is 3.77. The van der Waals surface area contributed by atoms with E-state index >= 15 is 0 Å². The van der Waals surface area contributed by atoms with E-state index in [4.69, 9.17) is 4.74 Å². The Labute approximate surface area is 161 Å². The monoisotopic (exact) mass is 382 g/mol. The number of ether oxygens (including phenoxy) is 1. The van der Waals surface area contributed by atoms with Crippen LogP contribution < -0.4 is 0 Å². The molecule has 0 radical (unpaired) electrons. The molecule has 0 N–H and O–H groups in total. The first-order valence-corrected chi connectivity index (χ1v) is 9.61. The summed E-state index contributed by atoms with van der Waals surface area (Å²) < 4.78 is 18.1. The normalized spacial score (nSPS) is 16.7. The molecule has 3 aromatic rings. The van der Waals surface area contributed by atoms with Crippen LogP contribution in [0.1, 0.15) is 16.8 Å². The number of carbonyl (C=O) groups is 1. The Morgan fingerprint density at radius 2 is 1.96 bits per heavy atom. The van der Waals surface area contributed by atoms with Crippen molar-refractivity contribution in [3.8, 4) is 10.6 Å². The van der Waals surface area contributed by atoms with Gasteiger partial charge in [0.1, 0.15) is 16.9 Å². The Kier molecular flexibility index (Phi) is 5.01. The molecule has 4 rings (SSSR count). The van der Waals surface area contributed by atoms with Gasteiger partial charge in [0.15, 0.2) is 0 Å². The predicted molar refractivity (Wildman–Crippen MR) is 103 cm³/mol. The number of rotatable bonds is 4. The van der Waals surface area contributed by atoms with Crippen LogP contribution in [0.5, 0.6) is 0 Å². The Morgan fingerprint density at radius 1 is 1.22 bits per heavy atom. The van der Waals surface area contributed by atoms with Crippen molar-refractivity contribution in [1.29, 1.82) is 0 Å². The number of benzene rings is 2. The molecule has 1 unspecified atom stereocenters. The molecule has 2 aromatic carbocycles. The molecule has 138 valence electrons. The van der Waals surface area contributed by atoms with E-state index < -0.39 is 0 Å². The van der Waals surface area contributed by atoms with Gasteiger partial charge in [-0.25, -0.2) is 9.37 Å². The lowest BCUT2D eigenvalue weighted by Crippen LogP contribution is -2.45. The smallest absolute Gasteiger partial charge is 0.323 e. The largest absolute Gasteiger partial charge is 0.468 e. The zero-order valence-electron chi connectivity index (χ0n) is 14.9. The lowest BCUT2D eigenvalue weighted by Gasteiger charge is -2.34. The van der Waals surface area contributed by atoms with Crippen molar-refractivity contribution >= 4 is 17.3 Å². The molecule has 0 saturated carbocycles. The molecular formula is C21H19FN2O2S. The van der Waals surface area contributed by atoms with Crippen LogP contribution in [0.2, 0.25) is 0 Å². The Balaban J connectivity index is 1.57. The number of hydrogen-bond donors (Lipinski definition) is 0. The zero-order chi connectivity index (χ0) is 18.8. The number of fused-ring (bicyclic) bond motifs is 1. The van der Waals surface area contributed by atoms with Gasteiger partial charge in [-0.3, -0.25) is 9.69 Å². The Morgan fingerprint density at radius 3 is 2.70 bits per heavy atom. The molecule has 4 nitrogen and oxygen atoms in total. The molecule has 0 bridgehead atoms. The van der Waals surface area contributed by atoms with Gasteiger partial charge in [-0.15, -0.1) is 11.3 Å². The molecule has 0 saturated heterocycles. The van der Waals surface area contributed by atoms with Gasteiger partial charge >= 0.3 is 5.97 Å². The first-order valence-electron chi connectivity index (χ1n) is 8.73. The maximum absolute atomic E-state index is 13.1. The zero-order valence-corrected chi connectivity index (χ0v) is 15.7. The fourth-order valence-corrected chi connectivity index (χ4v) is 4.24. The summed E-state index contributed by atoms with van der Waals surface area (Å²) in [6.07, 6.45) is 0.637. The fourth-order valence-electron chi connectivity index (χ4n) is 3.42. The first-order chi connectivity index (χ1) is 13.1. The quantitative estimate of drug-likeness (QED) is 0.639. The average molecular weight is 382 g/mol. The number of halogens is 1. The summed E-state index contributed by atoms with van der Waals surface area (Å²) in [5.41, 5.74) is 4.20. The number of carbonyl (C=O) groups excluding carboxylic acids is 1. The van der Waals surface area contributed by atoms with Gasteiger partial charge in [-0.2, -0.15) is 0 Å². The second-order valence-corrected chi connectivity index (χ2v) is 7.43. The fraction of sp³-hybridized carbons (Fsp3) is 0.238. The van der Waals surface area contributed by atoms with Gasteiger partial charge in [-0.05, 0) is 41.8 Å². The first kappa shape index (κ1) is 17.8. The van der Waals surface area contributed by atoms with Gasteiger partial charge in [0.05, 0.1) is 12.8 Å². The molecule has 1 aromatic heterocycles. The minimum Gasteiger partial charge on any atom is -0.468 e. The highest BCUT2D eigenvalue weighted by molar-refractivity contribution is 7.13. The van der Waals surface area contributed by atoms with Gasteiger partial charge in [0, 0.05) is 24.0 Å². The lowest BCUT2D eigenvalue weighted by atomic mass is 9.94. The van der Waals surface area contributed by atoms with Crippen LogP contribution in [0, 0.1) is 5.82 Å². The van der Waals surface area contributed by atoms with Crippen molar-refractivity contribution in [2.75, 3.05) is 7.11 Å². The highest BCUT2D eigenvalue weighted by atomic mass is 32.1. The number of aromatic nitrogens is 1. The van der Waals surface area contributed by atoms with Crippen molar-refractivity contribution in [2.24, 2.45) is 0 Å². The molecule has 0 amide bonds. The van der Waals surface area contributed by atoms with Crippen LogP contribution in [0.4, 0.5) is 4.39 Å². The van der Waals surface area contributed by atoms with E-state index in [-0.39, 0.29) is 17.8 Å². The topological polar surface area (TPSA) is 42.4 Å². The second kappa shape index (κ2) is 7.58. The number of methoxy groups -OCH3 is 1. The van der Waals surface area contributed by atoms with Crippen LogP contribution in [0.25, 0.3) is 10.6 Å². The van der Waals surface area contributed by atoms with Crippen molar-refractivity contribution < 1.29 is 13.9 Å². The predicted octanol–water partition coefficient (Wildman–Crippen LogP) is 4.05. The Bertz CT molecular complexity index is 955. The third-order valence-electron chi connectivity index (χ3n) is 4.83. The number of esters is 1. The molecule has 0 spiro atoms. The van der Waals surface area contributed by atoms with Crippen LogP contribution in [0.15, 0.2) is 53.9 Å². The molecule has 0 fully saturated rings. The van der Waals surface area contributed by atoms with Crippen LogP contribution in [0.3, 0.4) is 0 Å². The molecule has 1 aliphatic heterocycles. The highest BCUT2D eigenvalue weighted by Crippen LogP contribution is 2.28. The SMILES string of the molecule is COC(=O)C1Cc2ccccc2CN1Cc1csc(-c2ccc(F)cc2)n1. The van der Waals surface area contributed by atoms with Crippen LogP contribution in [-0.2, 0) is 29.0 Å². The van der Waals surface area contributed by atoms with E-state index in [1.54, 1.807) is 12.1 Å². The number of hydrogen-bond acceptors (Lipinski definition) is 5. The minimum atomic E-state index is -0.319. The molecule has 2 heterocycles. The summed E-state index contributed by atoms with van der Waals surface area (Å²) in [6.45, 7) is 1.24. The van der Waals surface area contributed by atoms with E-state index in [1.807, 2.05) is 17.5 Å². The summed E-state index contributed by atoms with van der Waals surface area (Å²) in [5, 5.41) is 2.84. The summed E-state index contributed by atoms with van der Waals surface area (Å²) in [7, 11) is 1.43. The maximum Gasteiger partial charge on any atom is 0.323 e. The van der Waals surface area contributed by atoms with Crippen LogP contribution in [-0.4, -0.2) is 29.0 Å². The summed E-state index contributed by atoms with van der Waals surface area (Å²) >= 11 is 1.52. The van der Waals surface area contributed by atoms with Crippen molar-refractivity contribution in [1.82, 2.24) is 9.88 Å². The molecular weight excluding hydrogens is 363 g/mol. The Hall–Kier alpha value is -2.57. The van der Waals surface area contributed by atoms with Gasteiger partial charge in [0.2, 0.25) is 0 Å². The maximum atomic E-state index is 13.1. The van der Waals surface area contributed by atoms with Crippen molar-refractivity contribution in [2.45, 2.75) is 25.6 Å². The average Bonchev–Trinajstić information content (AvgIpc) is 3.16. The highest BCUT2D eigenvalue weighted by Gasteiger charge is 2.32. The van der Waals surface area contributed by atoms with Gasteiger partial charge in [-0.1, -0.05) is 24.3 Å². The summed E-state index contributed by atoms with van der Waals surface area (Å²) in [6, 6.07) is 14.2. The van der Waals surface area contributed by atoms with E-state index in [0.717, 1.165) is 16.3 Å². The molecule has 1 aliphatic rings. The number of thiazole rings is 1. The molecule has 1 atom stereocenters.